The van der Waals surface area contributed by atoms with Gasteiger partial charge in [0, 0.05) is 43.7 Å². The molecule has 0 amide bonds. The van der Waals surface area contributed by atoms with Gasteiger partial charge in [-0.3, -0.25) is 0 Å². The predicted molar refractivity (Wildman–Crippen MR) is 239 cm³/mol. The average molecular weight is 732 g/mol. The quantitative estimate of drug-likeness (QED) is 0.173. The van der Waals surface area contributed by atoms with Gasteiger partial charge in [-0.05, 0) is 94.0 Å². The Morgan fingerprint density at radius 1 is 0.351 bits per heavy atom. The lowest BCUT2D eigenvalue weighted by Gasteiger charge is -2.11. The second-order valence-corrected chi connectivity index (χ2v) is 14.5. The molecule has 12 rings (SSSR count). The number of hydrogen-bond donors (Lipinski definition) is 0. The lowest BCUT2D eigenvalue weighted by Crippen LogP contribution is -1.94. The van der Waals surface area contributed by atoms with Gasteiger partial charge in [0.1, 0.15) is 11.2 Å². The molecule has 0 aliphatic carbocycles. The van der Waals surface area contributed by atoms with Crippen LogP contribution in [0.2, 0.25) is 0 Å². The Labute approximate surface area is 335 Å². The molecule has 3 nitrogen and oxygen atoms in total. The number of benzene rings is 9. The zero-order chi connectivity index (χ0) is 41.8. The number of para-hydroxylation sites is 4. The van der Waals surface area contributed by atoms with Gasteiger partial charge in [0.2, 0.25) is 0 Å². The first-order valence-corrected chi connectivity index (χ1v) is 19.1. The molecule has 12 aromatic rings. The molecule has 0 atom stereocenters. The number of fused-ring (bicyclic) bond motifs is 9. The van der Waals surface area contributed by atoms with E-state index in [4.69, 9.17) is 11.3 Å². The third kappa shape index (κ3) is 4.86. The maximum absolute atomic E-state index is 8.91. The molecule has 3 heterocycles. The summed E-state index contributed by atoms with van der Waals surface area (Å²) in [5, 5.41) is 6.34. The summed E-state index contributed by atoms with van der Waals surface area (Å²) in [6.45, 7) is 0. The van der Waals surface area contributed by atoms with Gasteiger partial charge in [0.15, 0.2) is 0 Å². The van der Waals surface area contributed by atoms with E-state index < -0.39 is 6.04 Å². The molecular formula is C54H34N2O. The molecule has 0 saturated carbocycles. The lowest BCUT2D eigenvalue weighted by molar-refractivity contribution is 0.669. The van der Waals surface area contributed by atoms with Crippen molar-refractivity contribution in [1.29, 1.82) is 0 Å². The third-order valence-corrected chi connectivity index (χ3v) is 11.5. The van der Waals surface area contributed by atoms with Gasteiger partial charge in [0.05, 0.1) is 28.9 Å². The zero-order valence-electron chi connectivity index (χ0n) is 35.5. The minimum absolute atomic E-state index is 0.133. The van der Waals surface area contributed by atoms with Crippen molar-refractivity contribution in [1.82, 2.24) is 9.13 Å². The summed E-state index contributed by atoms with van der Waals surface area (Å²) < 4.78 is 53.3. The number of hydrogen-bond acceptors (Lipinski definition) is 1. The van der Waals surface area contributed by atoms with Crippen LogP contribution in [0.1, 0.15) is 6.85 Å². The minimum atomic E-state index is -0.411. The summed E-state index contributed by atoms with van der Waals surface area (Å²) in [6, 6.07) is 59.3. The van der Waals surface area contributed by atoms with E-state index in [1.54, 1.807) is 0 Å². The van der Waals surface area contributed by atoms with E-state index in [1.807, 2.05) is 47.0 Å². The zero-order valence-corrected chi connectivity index (χ0v) is 30.5. The van der Waals surface area contributed by atoms with Crippen LogP contribution in [0.3, 0.4) is 0 Å². The topological polar surface area (TPSA) is 23.0 Å². The fourth-order valence-electron chi connectivity index (χ4n) is 8.93. The van der Waals surface area contributed by atoms with E-state index in [-0.39, 0.29) is 29.9 Å². The number of rotatable bonds is 5. The minimum Gasteiger partial charge on any atom is -0.456 e. The summed E-state index contributed by atoms with van der Waals surface area (Å²) in [5.41, 5.74) is 13.2. The Morgan fingerprint density at radius 2 is 0.895 bits per heavy atom. The van der Waals surface area contributed by atoms with Gasteiger partial charge in [-0.1, -0.05) is 146 Å². The van der Waals surface area contributed by atoms with Gasteiger partial charge in [0.25, 0.3) is 0 Å². The van der Waals surface area contributed by atoms with Gasteiger partial charge in [-0.2, -0.15) is 0 Å². The molecule has 57 heavy (non-hydrogen) atoms. The molecule has 0 spiro atoms. The van der Waals surface area contributed by atoms with Crippen molar-refractivity contribution in [2.45, 2.75) is 0 Å². The molecule has 9 aromatic carbocycles. The highest BCUT2D eigenvalue weighted by Crippen LogP contribution is 2.42. The third-order valence-electron chi connectivity index (χ3n) is 11.5. The Balaban J connectivity index is 0.966. The molecule has 3 heteroatoms. The molecule has 0 radical (unpaired) electrons. The molecule has 0 fully saturated rings. The number of aromatic nitrogens is 2. The molecule has 3 aromatic heterocycles. The van der Waals surface area contributed by atoms with E-state index in [9.17, 15) is 0 Å². The van der Waals surface area contributed by atoms with Crippen LogP contribution < -0.4 is 0 Å². The van der Waals surface area contributed by atoms with Gasteiger partial charge in [-0.25, -0.2) is 0 Å². The SMILES string of the molecule is [2H]c1c([2H])c([2H])c(-n2c3ccccc3c3ccc(-c4cccc5c4c4ccccc4n5-c4ccc(-c5ccc(-c6cccc7oc8ccccc8c67)cc5)cc4)cc32)c([2H])c1[2H]. The van der Waals surface area contributed by atoms with Gasteiger partial charge >= 0.3 is 0 Å². The summed E-state index contributed by atoms with van der Waals surface area (Å²) >= 11 is 0. The molecule has 0 aliphatic rings. The van der Waals surface area contributed by atoms with Crippen molar-refractivity contribution >= 4 is 65.6 Å². The first-order chi connectivity index (χ1) is 30.4. The normalized spacial score (nSPS) is 13.1. The standard InChI is InChI=1S/C54H34N2O/c1-2-12-39(13-3-1)56-47-19-7-4-14-43(47)44-33-30-38(34-50(44)56)42-17-10-21-49-53(42)45-15-5-8-20-48(45)55(49)40-31-28-36(29-32-40)35-24-26-37(27-25-35)41-18-11-23-52-54(41)46-16-6-9-22-51(46)57-52/h1-34H/i1D,2D,3D,12D,13D. The van der Waals surface area contributed by atoms with Crippen LogP contribution in [0.15, 0.2) is 211 Å². The van der Waals surface area contributed by atoms with Crippen LogP contribution in [-0.4, -0.2) is 9.13 Å². The van der Waals surface area contributed by atoms with Crippen LogP contribution in [0.5, 0.6) is 0 Å². The van der Waals surface area contributed by atoms with Crippen molar-refractivity contribution in [3.05, 3.63) is 206 Å². The fraction of sp³-hybridized carbons (Fsp3) is 0. The summed E-state index contributed by atoms with van der Waals surface area (Å²) in [6.07, 6.45) is 0. The Kier molecular flexibility index (Phi) is 5.91. The molecular weight excluding hydrogens is 693 g/mol. The first kappa shape index (κ1) is 27.0. The van der Waals surface area contributed by atoms with Gasteiger partial charge in [-0.15, -0.1) is 0 Å². The Bertz CT molecular complexity index is 3770. The highest BCUT2D eigenvalue weighted by molar-refractivity contribution is 6.17. The van der Waals surface area contributed by atoms with Crippen LogP contribution >= 0.6 is 0 Å². The predicted octanol–water partition coefficient (Wildman–Crippen LogP) is 14.8. The second-order valence-electron chi connectivity index (χ2n) is 14.5. The van der Waals surface area contributed by atoms with Crippen LogP contribution in [0, 0.1) is 0 Å². The first-order valence-electron chi connectivity index (χ1n) is 21.6. The van der Waals surface area contributed by atoms with Crippen LogP contribution in [-0.2, 0) is 0 Å². The number of nitrogens with zero attached hydrogens (tertiary/aromatic N) is 2. The van der Waals surface area contributed by atoms with Crippen LogP contribution in [0.25, 0.3) is 110 Å². The molecule has 266 valence electrons. The van der Waals surface area contributed by atoms with E-state index in [2.05, 4.69) is 138 Å². The molecule has 0 N–H and O–H groups in total. The summed E-state index contributed by atoms with van der Waals surface area (Å²) in [4.78, 5) is 0. The van der Waals surface area contributed by atoms with Crippen molar-refractivity contribution in [2.75, 3.05) is 0 Å². The van der Waals surface area contributed by atoms with E-state index in [0.717, 1.165) is 105 Å². The maximum atomic E-state index is 8.91. The maximum Gasteiger partial charge on any atom is 0.136 e. The molecule has 0 aliphatic heterocycles. The van der Waals surface area contributed by atoms with Crippen molar-refractivity contribution in [3.63, 3.8) is 0 Å². The summed E-state index contributed by atoms with van der Waals surface area (Å²) in [5.74, 6) is 0. The largest absolute Gasteiger partial charge is 0.456 e. The fourth-order valence-corrected chi connectivity index (χ4v) is 8.93. The van der Waals surface area contributed by atoms with Crippen molar-refractivity contribution in [2.24, 2.45) is 0 Å². The van der Waals surface area contributed by atoms with Crippen molar-refractivity contribution in [3.8, 4) is 44.8 Å². The van der Waals surface area contributed by atoms with E-state index in [0.29, 0.717) is 0 Å². The summed E-state index contributed by atoms with van der Waals surface area (Å²) in [7, 11) is 0. The molecule has 0 saturated heterocycles. The lowest BCUT2D eigenvalue weighted by atomic mass is 9.97. The van der Waals surface area contributed by atoms with E-state index in [1.165, 1.54) is 0 Å². The molecule has 0 unspecified atom stereocenters. The number of furan rings is 1. The van der Waals surface area contributed by atoms with Crippen LogP contribution in [0.4, 0.5) is 0 Å². The van der Waals surface area contributed by atoms with Gasteiger partial charge < -0.3 is 13.6 Å². The Morgan fingerprint density at radius 3 is 1.68 bits per heavy atom. The van der Waals surface area contributed by atoms with Crippen molar-refractivity contribution < 1.29 is 11.3 Å². The highest BCUT2D eigenvalue weighted by atomic mass is 16.3. The Hall–Kier alpha value is -7.62. The second kappa shape index (κ2) is 12.5. The molecule has 0 bridgehead atoms. The van der Waals surface area contributed by atoms with E-state index >= 15 is 0 Å². The average Bonchev–Trinajstić information content (AvgIpc) is 3.98. The highest BCUT2D eigenvalue weighted by Gasteiger charge is 2.19. The monoisotopic (exact) mass is 731 g/mol. The smallest absolute Gasteiger partial charge is 0.136 e.